The number of rotatable bonds is 5. The summed E-state index contributed by atoms with van der Waals surface area (Å²) >= 11 is 0. The van der Waals surface area contributed by atoms with Crippen LogP contribution in [0.2, 0.25) is 0 Å². The monoisotopic (exact) mass is 622 g/mol. The van der Waals surface area contributed by atoms with Crippen molar-refractivity contribution >= 4 is 12.0 Å². The maximum atomic E-state index is 13.0. The molecule has 0 bridgehead atoms. The average Bonchev–Trinajstić information content (AvgIpc) is 3.53. The number of esters is 1. The normalized spacial score (nSPS) is 44.3. The minimum absolute atomic E-state index is 0.0844. The van der Waals surface area contributed by atoms with E-state index in [1.807, 2.05) is 13.8 Å². The van der Waals surface area contributed by atoms with Gasteiger partial charge in [0.25, 0.3) is 0 Å². The van der Waals surface area contributed by atoms with Gasteiger partial charge in [-0.15, -0.1) is 0 Å². The largest absolute Gasteiger partial charge is 0.504 e. The molecule has 0 spiro atoms. The molecule has 0 aromatic heterocycles. The first-order valence-electron chi connectivity index (χ1n) is 17.7. The summed E-state index contributed by atoms with van der Waals surface area (Å²) in [4.78, 5) is 13.0. The number of aromatic hydroxyl groups is 2. The molecule has 1 aromatic carbocycles. The first-order valence-corrected chi connectivity index (χ1v) is 17.7. The standard InChI is InChI=1S/C39H58O6/c1-34(2)29-16-21-38(7)30(13-11-25-26(15-20-37(25,38)6)39(8)22-18-32(45-39)35(3,4)43)36(29,5)19-17-31(34)44-33(42)14-10-24-9-12-27(40)28(41)23-24/h9-10,12,14,23,25-26,29-32,40-41,43H,11,13,15-22H2,1-8H3/t25?,26-,29?,30?,31-,32-,36-,37+,38+,39+/m0/s1. The van der Waals surface area contributed by atoms with Gasteiger partial charge in [-0.25, -0.2) is 4.79 Å². The first-order chi connectivity index (χ1) is 20.8. The Balaban J connectivity index is 1.18. The number of aliphatic hydroxyl groups is 1. The predicted octanol–water partition coefficient (Wildman–Crippen LogP) is 8.42. The Morgan fingerprint density at radius 3 is 2.22 bits per heavy atom. The van der Waals surface area contributed by atoms with Crippen LogP contribution < -0.4 is 0 Å². The van der Waals surface area contributed by atoms with Gasteiger partial charge in [0.1, 0.15) is 6.10 Å². The van der Waals surface area contributed by atoms with Crippen LogP contribution in [-0.4, -0.2) is 44.7 Å². The Kier molecular flexibility index (Phi) is 7.84. The Labute approximate surface area is 271 Å². The van der Waals surface area contributed by atoms with Crippen molar-refractivity contribution in [1.82, 2.24) is 0 Å². The molecule has 5 aliphatic rings. The Hall–Kier alpha value is -2.05. The summed E-state index contributed by atoms with van der Waals surface area (Å²) in [7, 11) is 0. The highest BCUT2D eigenvalue weighted by Gasteiger charge is 2.70. The van der Waals surface area contributed by atoms with Crippen LogP contribution in [0.1, 0.15) is 125 Å². The number of carbonyl (C=O) groups excluding carboxylic acids is 1. The van der Waals surface area contributed by atoms with Crippen LogP contribution in [0.3, 0.4) is 0 Å². The molecule has 3 unspecified atom stereocenters. The van der Waals surface area contributed by atoms with Gasteiger partial charge in [0, 0.05) is 11.5 Å². The van der Waals surface area contributed by atoms with Crippen molar-refractivity contribution in [3.63, 3.8) is 0 Å². The fourth-order valence-corrected chi connectivity index (χ4v) is 12.3. The lowest BCUT2D eigenvalue weighted by Crippen LogP contribution is -2.64. The van der Waals surface area contributed by atoms with Crippen LogP contribution in [0.25, 0.3) is 6.08 Å². The lowest BCUT2D eigenvalue weighted by Gasteiger charge is -2.70. The molecule has 0 radical (unpaired) electrons. The van der Waals surface area contributed by atoms with Crippen molar-refractivity contribution in [3.8, 4) is 11.5 Å². The zero-order valence-electron chi connectivity index (χ0n) is 29.0. The number of phenols is 2. The van der Waals surface area contributed by atoms with E-state index in [-0.39, 0.29) is 56.9 Å². The SMILES string of the molecule is CC(C)(O)[C@@H]1CC[C@](C)([C@H]2CC[C@]3(C)C2CCC2[C@@]4(C)CC[C@H](OC(=O)C=Cc5ccc(O)c(O)c5)C(C)(C)C4CC[C@]23C)O1. The smallest absolute Gasteiger partial charge is 0.331 e. The second-order valence-corrected chi connectivity index (χ2v) is 17.8. The van der Waals surface area contributed by atoms with Crippen LogP contribution in [0.4, 0.5) is 0 Å². The minimum Gasteiger partial charge on any atom is -0.504 e. The molecular weight excluding hydrogens is 564 g/mol. The van der Waals surface area contributed by atoms with E-state index >= 15 is 0 Å². The van der Waals surface area contributed by atoms with Crippen LogP contribution in [0.15, 0.2) is 24.3 Å². The second kappa shape index (κ2) is 10.7. The molecular formula is C39H58O6. The average molecular weight is 623 g/mol. The molecule has 10 atom stereocenters. The Bertz CT molecular complexity index is 1340. The maximum Gasteiger partial charge on any atom is 0.331 e. The molecule has 6 heteroatoms. The third kappa shape index (κ3) is 5.07. The highest BCUT2D eigenvalue weighted by atomic mass is 16.5. The summed E-state index contributed by atoms with van der Waals surface area (Å²) in [5.74, 6) is 1.57. The van der Waals surface area contributed by atoms with Crippen molar-refractivity contribution in [2.45, 2.75) is 143 Å². The summed E-state index contributed by atoms with van der Waals surface area (Å²) in [5, 5.41) is 30.1. The molecule has 250 valence electrons. The van der Waals surface area contributed by atoms with E-state index in [0.717, 1.165) is 32.1 Å². The van der Waals surface area contributed by atoms with Crippen molar-refractivity contribution in [3.05, 3.63) is 29.8 Å². The summed E-state index contributed by atoms with van der Waals surface area (Å²) < 4.78 is 12.9. The molecule has 45 heavy (non-hydrogen) atoms. The number of benzene rings is 1. The van der Waals surface area contributed by atoms with Gasteiger partial charge >= 0.3 is 5.97 Å². The van der Waals surface area contributed by atoms with E-state index in [2.05, 4.69) is 41.5 Å². The molecule has 5 fully saturated rings. The molecule has 3 N–H and O–H groups in total. The lowest BCUT2D eigenvalue weighted by atomic mass is 9.35. The molecule has 0 amide bonds. The lowest BCUT2D eigenvalue weighted by molar-refractivity contribution is -0.230. The third-order valence-electron chi connectivity index (χ3n) is 14.9. The van der Waals surface area contributed by atoms with E-state index in [1.54, 1.807) is 12.1 Å². The molecule has 1 heterocycles. The summed E-state index contributed by atoms with van der Waals surface area (Å²) in [6.45, 7) is 18.6. The van der Waals surface area contributed by atoms with Crippen molar-refractivity contribution in [2.24, 2.45) is 45.3 Å². The second-order valence-electron chi connectivity index (χ2n) is 17.8. The van der Waals surface area contributed by atoms with Gasteiger partial charge < -0.3 is 24.8 Å². The van der Waals surface area contributed by atoms with Crippen molar-refractivity contribution in [1.29, 1.82) is 0 Å². The summed E-state index contributed by atoms with van der Waals surface area (Å²) in [6.07, 6.45) is 14.1. The number of phenolic OH excluding ortho intramolecular Hbond substituents is 2. The van der Waals surface area contributed by atoms with Gasteiger partial charge in [0.2, 0.25) is 0 Å². The number of fused-ring (bicyclic) bond motifs is 5. The van der Waals surface area contributed by atoms with Gasteiger partial charge in [-0.3, -0.25) is 0 Å². The Morgan fingerprint density at radius 1 is 0.844 bits per heavy atom. The maximum absolute atomic E-state index is 13.0. The minimum atomic E-state index is -0.802. The molecule has 1 saturated heterocycles. The van der Waals surface area contributed by atoms with Gasteiger partial charge in [-0.05, 0) is 149 Å². The first kappa shape index (κ1) is 32.9. The van der Waals surface area contributed by atoms with Gasteiger partial charge in [-0.2, -0.15) is 0 Å². The topological polar surface area (TPSA) is 96.2 Å². The number of hydrogen-bond acceptors (Lipinski definition) is 6. The van der Waals surface area contributed by atoms with Gasteiger partial charge in [-0.1, -0.05) is 40.7 Å². The third-order valence-corrected chi connectivity index (χ3v) is 14.9. The van der Waals surface area contributed by atoms with Crippen molar-refractivity contribution in [2.75, 3.05) is 0 Å². The predicted molar refractivity (Wildman–Crippen MR) is 176 cm³/mol. The van der Waals surface area contributed by atoms with Crippen LogP contribution in [0, 0.1) is 45.3 Å². The van der Waals surface area contributed by atoms with E-state index < -0.39 is 5.60 Å². The summed E-state index contributed by atoms with van der Waals surface area (Å²) in [6, 6.07) is 4.50. The quantitative estimate of drug-likeness (QED) is 0.173. The molecule has 6 nitrogen and oxygen atoms in total. The number of hydrogen-bond donors (Lipinski definition) is 3. The van der Waals surface area contributed by atoms with Crippen LogP contribution in [0.5, 0.6) is 11.5 Å². The highest BCUT2D eigenvalue weighted by molar-refractivity contribution is 5.87. The van der Waals surface area contributed by atoms with Gasteiger partial charge in [0.15, 0.2) is 11.5 Å². The van der Waals surface area contributed by atoms with Crippen LogP contribution >= 0.6 is 0 Å². The fraction of sp³-hybridized carbons (Fsp3) is 0.769. The molecule has 4 aliphatic carbocycles. The molecule has 4 saturated carbocycles. The highest BCUT2D eigenvalue weighted by Crippen LogP contribution is 2.76. The zero-order chi connectivity index (χ0) is 32.8. The van der Waals surface area contributed by atoms with Crippen molar-refractivity contribution < 1.29 is 29.6 Å². The Morgan fingerprint density at radius 2 is 1.56 bits per heavy atom. The van der Waals surface area contributed by atoms with Gasteiger partial charge in [0.05, 0.1) is 17.3 Å². The number of carbonyl (C=O) groups is 1. The van der Waals surface area contributed by atoms with Crippen LogP contribution in [-0.2, 0) is 14.3 Å². The zero-order valence-corrected chi connectivity index (χ0v) is 29.0. The fourth-order valence-electron chi connectivity index (χ4n) is 12.3. The molecule has 1 aromatic rings. The summed E-state index contributed by atoms with van der Waals surface area (Å²) in [5.41, 5.74) is 0.273. The molecule has 1 aliphatic heterocycles. The van der Waals surface area contributed by atoms with E-state index in [9.17, 15) is 20.1 Å². The van der Waals surface area contributed by atoms with E-state index in [4.69, 9.17) is 9.47 Å². The van der Waals surface area contributed by atoms with E-state index in [0.29, 0.717) is 29.2 Å². The number of ether oxygens (including phenoxy) is 2. The molecule has 6 rings (SSSR count). The van der Waals surface area contributed by atoms with E-state index in [1.165, 1.54) is 50.3 Å².